The van der Waals surface area contributed by atoms with Gasteiger partial charge in [0.1, 0.15) is 0 Å². The third-order valence-corrected chi connectivity index (χ3v) is 3.86. The van der Waals surface area contributed by atoms with Crippen molar-refractivity contribution in [3.63, 3.8) is 0 Å². The van der Waals surface area contributed by atoms with Gasteiger partial charge in [0.05, 0.1) is 0 Å². The molecule has 0 aliphatic rings. The van der Waals surface area contributed by atoms with E-state index in [1.165, 1.54) is 38.4 Å². The normalized spacial score (nSPS) is 10.8. The maximum atomic E-state index is 2.31. The Labute approximate surface area is 121 Å². The van der Waals surface area contributed by atoms with Gasteiger partial charge < -0.3 is 0 Å². The molecule has 0 atom stereocenters. The second-order valence-corrected chi connectivity index (χ2v) is 5.53. The van der Waals surface area contributed by atoms with Crippen molar-refractivity contribution in [2.24, 2.45) is 0 Å². The van der Waals surface area contributed by atoms with Gasteiger partial charge in [-0.25, -0.2) is 0 Å². The lowest BCUT2D eigenvalue weighted by Gasteiger charge is -2.12. The van der Waals surface area contributed by atoms with Crippen LogP contribution in [0.1, 0.15) is 16.7 Å². The highest BCUT2D eigenvalue weighted by atomic mass is 14.0. The lowest BCUT2D eigenvalue weighted by atomic mass is 9.60. The zero-order valence-electron chi connectivity index (χ0n) is 12.3. The van der Waals surface area contributed by atoms with Crippen LogP contribution >= 0.6 is 0 Å². The SMILES string of the molecule is Cc1cc(C)c([B]c2cccc3ccccc23)c(C)c1. The van der Waals surface area contributed by atoms with E-state index in [2.05, 4.69) is 82.6 Å². The van der Waals surface area contributed by atoms with Crippen molar-refractivity contribution < 1.29 is 0 Å². The van der Waals surface area contributed by atoms with Crippen LogP contribution in [-0.2, 0) is 0 Å². The van der Waals surface area contributed by atoms with Crippen LogP contribution in [0, 0.1) is 20.8 Å². The predicted molar refractivity (Wildman–Crippen MR) is 89.6 cm³/mol. The molecule has 20 heavy (non-hydrogen) atoms. The first-order valence-corrected chi connectivity index (χ1v) is 7.05. The van der Waals surface area contributed by atoms with Gasteiger partial charge in [-0.1, -0.05) is 82.2 Å². The molecule has 0 N–H and O–H groups in total. The maximum absolute atomic E-state index is 2.31. The summed E-state index contributed by atoms with van der Waals surface area (Å²) in [6, 6.07) is 19.6. The molecule has 3 rings (SSSR count). The summed E-state index contributed by atoms with van der Waals surface area (Å²) in [6.07, 6.45) is 0. The van der Waals surface area contributed by atoms with E-state index in [4.69, 9.17) is 0 Å². The summed E-state index contributed by atoms with van der Waals surface area (Å²) in [5.41, 5.74) is 6.64. The average molecular weight is 257 g/mol. The molecule has 0 spiro atoms. The van der Waals surface area contributed by atoms with Crippen LogP contribution < -0.4 is 10.9 Å². The van der Waals surface area contributed by atoms with E-state index in [-0.39, 0.29) is 0 Å². The van der Waals surface area contributed by atoms with Gasteiger partial charge in [-0.3, -0.25) is 0 Å². The summed E-state index contributed by atoms with van der Waals surface area (Å²) >= 11 is 0. The zero-order chi connectivity index (χ0) is 14.1. The summed E-state index contributed by atoms with van der Waals surface area (Å²) in [5, 5.41) is 2.61. The number of fused-ring (bicyclic) bond motifs is 1. The maximum Gasteiger partial charge on any atom is 0.192 e. The van der Waals surface area contributed by atoms with Crippen molar-refractivity contribution in [1.82, 2.24) is 0 Å². The molecule has 0 heterocycles. The van der Waals surface area contributed by atoms with E-state index < -0.39 is 0 Å². The van der Waals surface area contributed by atoms with Gasteiger partial charge in [0.2, 0.25) is 0 Å². The summed E-state index contributed by atoms with van der Waals surface area (Å²) in [6.45, 7) is 6.54. The summed E-state index contributed by atoms with van der Waals surface area (Å²) in [4.78, 5) is 0. The molecule has 0 aromatic heterocycles. The van der Waals surface area contributed by atoms with Gasteiger partial charge in [0, 0.05) is 0 Å². The van der Waals surface area contributed by atoms with Gasteiger partial charge >= 0.3 is 0 Å². The number of rotatable bonds is 2. The first kappa shape index (κ1) is 13.0. The minimum atomic E-state index is 1.29. The Hall–Kier alpha value is -2.02. The molecule has 0 fully saturated rings. The second-order valence-electron chi connectivity index (χ2n) is 5.53. The van der Waals surface area contributed by atoms with Crippen molar-refractivity contribution >= 4 is 29.0 Å². The fourth-order valence-corrected chi connectivity index (χ4v) is 2.95. The first-order valence-electron chi connectivity index (χ1n) is 7.05. The highest BCUT2D eigenvalue weighted by Crippen LogP contribution is 2.11. The number of aryl methyl sites for hydroxylation is 3. The summed E-state index contributed by atoms with van der Waals surface area (Å²) in [7, 11) is 2.31. The van der Waals surface area contributed by atoms with Crippen LogP contribution in [0.25, 0.3) is 10.8 Å². The molecule has 0 nitrogen and oxygen atoms in total. The molecule has 0 amide bonds. The van der Waals surface area contributed by atoms with E-state index in [0.29, 0.717) is 0 Å². The van der Waals surface area contributed by atoms with Gasteiger partial charge in [-0.2, -0.15) is 0 Å². The Kier molecular flexibility index (Phi) is 3.36. The molecule has 3 aromatic carbocycles. The van der Waals surface area contributed by atoms with E-state index in [0.717, 1.165) is 0 Å². The molecular formula is C19H18B. The monoisotopic (exact) mass is 257 g/mol. The number of hydrogen-bond acceptors (Lipinski definition) is 0. The topological polar surface area (TPSA) is 0 Å². The van der Waals surface area contributed by atoms with Crippen LogP contribution in [0.3, 0.4) is 0 Å². The lowest BCUT2D eigenvalue weighted by molar-refractivity contribution is 1.35. The molecule has 0 saturated carbocycles. The van der Waals surface area contributed by atoms with E-state index in [9.17, 15) is 0 Å². The Morgan fingerprint density at radius 2 is 1.40 bits per heavy atom. The number of benzene rings is 3. The third-order valence-electron chi connectivity index (χ3n) is 3.86. The molecule has 0 unspecified atom stereocenters. The summed E-state index contributed by atoms with van der Waals surface area (Å²) < 4.78 is 0. The largest absolute Gasteiger partial charge is 0.192 e. The quantitative estimate of drug-likeness (QED) is 0.617. The molecule has 0 aliphatic carbocycles. The Balaban J connectivity index is 2.10. The molecule has 0 aliphatic heterocycles. The second kappa shape index (κ2) is 5.17. The Bertz CT molecular complexity index is 743. The van der Waals surface area contributed by atoms with Crippen molar-refractivity contribution in [3.8, 4) is 0 Å². The fourth-order valence-electron chi connectivity index (χ4n) is 2.95. The smallest absolute Gasteiger partial charge is 0.0757 e. The van der Waals surface area contributed by atoms with Gasteiger partial charge in [0.15, 0.2) is 7.28 Å². The molecule has 0 saturated heterocycles. The van der Waals surface area contributed by atoms with E-state index in [1.807, 2.05) is 0 Å². The molecular weight excluding hydrogens is 239 g/mol. The Morgan fingerprint density at radius 1 is 0.750 bits per heavy atom. The molecule has 1 heteroatoms. The molecule has 97 valence electrons. The number of hydrogen-bond donors (Lipinski definition) is 0. The average Bonchev–Trinajstić information content (AvgIpc) is 2.43. The minimum Gasteiger partial charge on any atom is -0.0757 e. The van der Waals surface area contributed by atoms with Crippen LogP contribution in [0.15, 0.2) is 54.6 Å². The molecule has 1 radical (unpaired) electrons. The fraction of sp³-hybridized carbons (Fsp3) is 0.158. The first-order chi connectivity index (χ1) is 9.65. The standard InChI is InChI=1S/C19H18B/c1-13-11-14(2)19(15(3)12-13)20-18-10-6-8-16-7-4-5-9-17(16)18/h4-12H,1-3H3. The van der Waals surface area contributed by atoms with Crippen molar-refractivity contribution in [3.05, 3.63) is 71.3 Å². The molecule has 3 aromatic rings. The highest BCUT2D eigenvalue weighted by molar-refractivity contribution is 6.70. The van der Waals surface area contributed by atoms with Crippen molar-refractivity contribution in [2.75, 3.05) is 0 Å². The van der Waals surface area contributed by atoms with E-state index >= 15 is 0 Å². The third kappa shape index (κ3) is 2.36. The summed E-state index contributed by atoms with van der Waals surface area (Å²) in [5.74, 6) is 0. The minimum absolute atomic E-state index is 1.29. The van der Waals surface area contributed by atoms with E-state index in [1.54, 1.807) is 0 Å². The zero-order valence-corrected chi connectivity index (χ0v) is 12.3. The van der Waals surface area contributed by atoms with Gasteiger partial charge in [-0.05, 0) is 31.5 Å². The van der Waals surface area contributed by atoms with Gasteiger partial charge in [0.25, 0.3) is 0 Å². The van der Waals surface area contributed by atoms with Gasteiger partial charge in [-0.15, -0.1) is 0 Å². The highest BCUT2D eigenvalue weighted by Gasteiger charge is 2.09. The van der Waals surface area contributed by atoms with Crippen LogP contribution in [0.4, 0.5) is 0 Å². The van der Waals surface area contributed by atoms with Crippen molar-refractivity contribution in [1.29, 1.82) is 0 Å². The molecule has 0 bridgehead atoms. The van der Waals surface area contributed by atoms with Crippen LogP contribution in [-0.4, -0.2) is 7.28 Å². The predicted octanol–water partition coefficient (Wildman–Crippen LogP) is 3.42. The van der Waals surface area contributed by atoms with Crippen LogP contribution in [0.5, 0.6) is 0 Å². The Morgan fingerprint density at radius 3 is 2.15 bits per heavy atom. The lowest BCUT2D eigenvalue weighted by Crippen LogP contribution is -2.31. The van der Waals surface area contributed by atoms with Crippen LogP contribution in [0.2, 0.25) is 0 Å². The van der Waals surface area contributed by atoms with Crippen molar-refractivity contribution in [2.45, 2.75) is 20.8 Å².